The second-order valence-electron chi connectivity index (χ2n) is 3.99. The number of nitrogens with two attached hydrogens (primary N) is 1. The Hall–Kier alpha value is -1.30. The van der Waals surface area contributed by atoms with Crippen LogP contribution in [-0.2, 0) is 0 Å². The van der Waals surface area contributed by atoms with Gasteiger partial charge in [-0.2, -0.15) is 0 Å². The molecule has 0 bridgehead atoms. The first-order chi connectivity index (χ1) is 8.76. The van der Waals surface area contributed by atoms with Crippen molar-refractivity contribution in [1.29, 1.82) is 0 Å². The van der Waals surface area contributed by atoms with E-state index < -0.39 is 6.10 Å². The van der Waals surface area contributed by atoms with Crippen molar-refractivity contribution in [1.82, 2.24) is 5.32 Å². The summed E-state index contributed by atoms with van der Waals surface area (Å²) in [4.78, 5) is 0. The number of methoxy groups -OCH3 is 1. The average Bonchev–Trinajstić information content (AvgIpc) is 2.41. The van der Waals surface area contributed by atoms with Crippen LogP contribution in [0.1, 0.15) is 6.42 Å². The second-order valence-corrected chi connectivity index (χ2v) is 3.99. The molecule has 5 nitrogen and oxygen atoms in total. The largest absolute Gasteiger partial charge is 0.497 e. The van der Waals surface area contributed by atoms with E-state index in [1.165, 1.54) is 0 Å². The molecule has 1 aromatic carbocycles. The topological polar surface area (TPSA) is 76.7 Å². The van der Waals surface area contributed by atoms with E-state index in [9.17, 15) is 5.11 Å². The van der Waals surface area contributed by atoms with Gasteiger partial charge in [0.1, 0.15) is 24.2 Å². The summed E-state index contributed by atoms with van der Waals surface area (Å²) in [5.74, 6) is 1.43. The molecule has 0 saturated carbocycles. The summed E-state index contributed by atoms with van der Waals surface area (Å²) in [5, 5.41) is 12.8. The van der Waals surface area contributed by atoms with Gasteiger partial charge in [0.25, 0.3) is 0 Å². The fourth-order valence-electron chi connectivity index (χ4n) is 1.44. The van der Waals surface area contributed by atoms with E-state index in [4.69, 9.17) is 15.2 Å². The first-order valence-corrected chi connectivity index (χ1v) is 6.12. The van der Waals surface area contributed by atoms with Gasteiger partial charge in [-0.15, -0.1) is 0 Å². The molecule has 0 aliphatic heterocycles. The molecule has 0 fully saturated rings. The van der Waals surface area contributed by atoms with Gasteiger partial charge in [-0.1, -0.05) is 6.07 Å². The molecule has 1 unspecified atom stereocenters. The molecule has 0 spiro atoms. The van der Waals surface area contributed by atoms with Crippen molar-refractivity contribution in [2.75, 3.05) is 33.4 Å². The lowest BCUT2D eigenvalue weighted by Gasteiger charge is -2.13. The third-order valence-electron chi connectivity index (χ3n) is 2.42. The maximum absolute atomic E-state index is 9.69. The van der Waals surface area contributed by atoms with Crippen LogP contribution in [0.3, 0.4) is 0 Å². The first kappa shape index (κ1) is 14.8. The van der Waals surface area contributed by atoms with E-state index in [-0.39, 0.29) is 6.61 Å². The van der Waals surface area contributed by atoms with Gasteiger partial charge in [0.05, 0.1) is 7.11 Å². The molecule has 5 heteroatoms. The summed E-state index contributed by atoms with van der Waals surface area (Å²) < 4.78 is 10.6. The maximum Gasteiger partial charge on any atom is 0.123 e. The number of rotatable bonds is 9. The number of aliphatic hydroxyl groups excluding tert-OH is 1. The Labute approximate surface area is 108 Å². The van der Waals surface area contributed by atoms with Crippen molar-refractivity contribution in [2.24, 2.45) is 5.73 Å². The average molecular weight is 254 g/mol. The second kappa shape index (κ2) is 8.74. The Bertz CT molecular complexity index is 334. The molecule has 0 aliphatic rings. The van der Waals surface area contributed by atoms with Crippen LogP contribution < -0.4 is 20.5 Å². The zero-order valence-electron chi connectivity index (χ0n) is 10.8. The summed E-state index contributed by atoms with van der Waals surface area (Å²) in [6.45, 7) is 2.23. The van der Waals surface area contributed by atoms with Gasteiger partial charge in [0.2, 0.25) is 0 Å². The van der Waals surface area contributed by atoms with E-state index in [1.54, 1.807) is 13.2 Å². The zero-order valence-corrected chi connectivity index (χ0v) is 10.8. The van der Waals surface area contributed by atoms with Crippen LogP contribution in [0.5, 0.6) is 11.5 Å². The highest BCUT2D eigenvalue weighted by Gasteiger charge is 2.05. The molecular formula is C13H22N2O3. The Morgan fingerprint density at radius 3 is 2.89 bits per heavy atom. The van der Waals surface area contributed by atoms with Gasteiger partial charge in [-0.05, 0) is 31.6 Å². The molecule has 1 rings (SSSR count). The Morgan fingerprint density at radius 2 is 2.17 bits per heavy atom. The number of hydrogen-bond donors (Lipinski definition) is 3. The minimum absolute atomic E-state index is 0.253. The molecule has 1 atom stereocenters. The first-order valence-electron chi connectivity index (χ1n) is 6.12. The minimum atomic E-state index is -0.533. The van der Waals surface area contributed by atoms with Crippen molar-refractivity contribution in [3.05, 3.63) is 24.3 Å². The third kappa shape index (κ3) is 5.86. The number of ether oxygens (including phenoxy) is 2. The lowest BCUT2D eigenvalue weighted by atomic mass is 10.3. The quantitative estimate of drug-likeness (QED) is 0.555. The number of hydrogen-bond acceptors (Lipinski definition) is 5. The van der Waals surface area contributed by atoms with Crippen LogP contribution >= 0.6 is 0 Å². The van der Waals surface area contributed by atoms with Crippen molar-refractivity contribution in [2.45, 2.75) is 12.5 Å². The molecule has 4 N–H and O–H groups in total. The lowest BCUT2D eigenvalue weighted by molar-refractivity contribution is 0.106. The van der Waals surface area contributed by atoms with Crippen LogP contribution in [0, 0.1) is 0 Å². The molecule has 18 heavy (non-hydrogen) atoms. The fourth-order valence-corrected chi connectivity index (χ4v) is 1.44. The number of nitrogens with one attached hydrogen (secondary N) is 1. The summed E-state index contributed by atoms with van der Waals surface area (Å²) in [6.07, 6.45) is 0.373. The van der Waals surface area contributed by atoms with E-state index >= 15 is 0 Å². The van der Waals surface area contributed by atoms with E-state index in [1.807, 2.05) is 18.2 Å². The number of benzene rings is 1. The van der Waals surface area contributed by atoms with Gasteiger partial charge in [-0.25, -0.2) is 0 Å². The molecule has 102 valence electrons. The zero-order chi connectivity index (χ0) is 13.2. The standard InChI is InChI=1S/C13H22N2O3/c1-17-12-4-2-5-13(8-12)18-10-11(16)9-15-7-3-6-14/h2,4-5,8,11,15-16H,3,6-7,9-10,14H2,1H3. The van der Waals surface area contributed by atoms with Crippen LogP contribution in [0.25, 0.3) is 0 Å². The van der Waals surface area contributed by atoms with Crippen LogP contribution in [0.2, 0.25) is 0 Å². The van der Waals surface area contributed by atoms with Crippen molar-refractivity contribution < 1.29 is 14.6 Å². The predicted molar refractivity (Wildman–Crippen MR) is 71.0 cm³/mol. The van der Waals surface area contributed by atoms with Crippen LogP contribution in [0.15, 0.2) is 24.3 Å². The third-order valence-corrected chi connectivity index (χ3v) is 2.42. The number of aliphatic hydroxyl groups is 1. The molecule has 0 radical (unpaired) electrons. The Kier molecular flexibility index (Phi) is 7.17. The summed E-state index contributed by atoms with van der Waals surface area (Å²) >= 11 is 0. The normalized spacial score (nSPS) is 12.2. The van der Waals surface area contributed by atoms with Crippen molar-refractivity contribution in [3.8, 4) is 11.5 Å². The highest BCUT2D eigenvalue weighted by atomic mass is 16.5. The lowest BCUT2D eigenvalue weighted by Crippen LogP contribution is -2.32. The van der Waals surface area contributed by atoms with Crippen molar-refractivity contribution >= 4 is 0 Å². The molecular weight excluding hydrogens is 232 g/mol. The Balaban J connectivity index is 2.22. The molecule has 0 heterocycles. The Morgan fingerprint density at radius 1 is 1.39 bits per heavy atom. The van der Waals surface area contributed by atoms with Crippen LogP contribution in [0.4, 0.5) is 0 Å². The van der Waals surface area contributed by atoms with Crippen LogP contribution in [-0.4, -0.2) is 44.6 Å². The molecule has 0 aromatic heterocycles. The summed E-state index contributed by atoms with van der Waals surface area (Å²) in [6, 6.07) is 7.31. The van der Waals surface area contributed by atoms with Gasteiger partial charge < -0.3 is 25.6 Å². The predicted octanol–water partition coefficient (Wildman–Crippen LogP) is 0.373. The minimum Gasteiger partial charge on any atom is -0.497 e. The van der Waals surface area contributed by atoms with Gasteiger partial charge >= 0.3 is 0 Å². The summed E-state index contributed by atoms with van der Waals surface area (Å²) in [7, 11) is 1.61. The van der Waals surface area contributed by atoms with Gasteiger partial charge in [0, 0.05) is 12.6 Å². The van der Waals surface area contributed by atoms with E-state index in [0.29, 0.717) is 18.8 Å². The molecule has 0 saturated heterocycles. The van der Waals surface area contributed by atoms with E-state index in [2.05, 4.69) is 5.32 Å². The van der Waals surface area contributed by atoms with E-state index in [0.717, 1.165) is 18.7 Å². The molecule has 1 aromatic rings. The summed E-state index contributed by atoms with van der Waals surface area (Å²) in [5.41, 5.74) is 5.37. The van der Waals surface area contributed by atoms with Gasteiger partial charge in [0.15, 0.2) is 0 Å². The SMILES string of the molecule is COc1cccc(OCC(O)CNCCCN)c1. The van der Waals surface area contributed by atoms with Crippen molar-refractivity contribution in [3.63, 3.8) is 0 Å². The molecule has 0 amide bonds. The maximum atomic E-state index is 9.69. The monoisotopic (exact) mass is 254 g/mol. The smallest absolute Gasteiger partial charge is 0.123 e. The highest BCUT2D eigenvalue weighted by molar-refractivity contribution is 5.32. The van der Waals surface area contributed by atoms with Gasteiger partial charge in [-0.3, -0.25) is 0 Å². The highest BCUT2D eigenvalue weighted by Crippen LogP contribution is 2.18. The molecule has 0 aliphatic carbocycles. The fraction of sp³-hybridized carbons (Fsp3) is 0.538.